The summed E-state index contributed by atoms with van der Waals surface area (Å²) in [6.45, 7) is 6.80. The van der Waals surface area contributed by atoms with Crippen LogP contribution in [0.1, 0.15) is 23.1 Å². The van der Waals surface area contributed by atoms with Crippen LogP contribution in [0.25, 0.3) is 11.8 Å². The van der Waals surface area contributed by atoms with E-state index in [-0.39, 0.29) is 11.7 Å². The molecule has 168 valence electrons. The lowest BCUT2D eigenvalue weighted by Gasteiger charge is -2.25. The lowest BCUT2D eigenvalue weighted by atomic mass is 10.0. The minimum absolute atomic E-state index is 0.00306. The maximum absolute atomic E-state index is 10.9. The third-order valence-electron chi connectivity index (χ3n) is 4.84. The topological polar surface area (TPSA) is 127 Å². The molecule has 2 heterocycles. The molecule has 1 amide bonds. The first-order valence-corrected chi connectivity index (χ1v) is 10.2. The smallest absolute Gasteiger partial charge is 0.246 e. The number of aryl methyl sites for hydroxylation is 1. The molecule has 0 unspecified atom stereocenters. The first-order valence-electron chi connectivity index (χ1n) is 10.2. The maximum atomic E-state index is 10.9. The SMILES string of the molecule is C=CC(=O)N1CCOCC1.COCCCc1c[nH]c(N)c1/C=C(\N)c1ccccc1O. The van der Waals surface area contributed by atoms with Crippen LogP contribution in [0.5, 0.6) is 5.75 Å². The van der Waals surface area contributed by atoms with Crippen LogP contribution in [0.4, 0.5) is 5.82 Å². The highest BCUT2D eigenvalue weighted by atomic mass is 16.5. The van der Waals surface area contributed by atoms with Crippen LogP contribution < -0.4 is 11.5 Å². The summed E-state index contributed by atoms with van der Waals surface area (Å²) in [6, 6.07) is 6.97. The van der Waals surface area contributed by atoms with Gasteiger partial charge in [0.1, 0.15) is 11.6 Å². The van der Waals surface area contributed by atoms with E-state index in [9.17, 15) is 9.90 Å². The summed E-state index contributed by atoms with van der Waals surface area (Å²) in [6.07, 6.45) is 6.77. The van der Waals surface area contributed by atoms with Crippen LogP contribution in [-0.4, -0.2) is 60.9 Å². The molecule has 1 saturated heterocycles. The van der Waals surface area contributed by atoms with Gasteiger partial charge >= 0.3 is 0 Å². The summed E-state index contributed by atoms with van der Waals surface area (Å²) in [4.78, 5) is 15.7. The molecule has 0 atom stereocenters. The Morgan fingerprint density at radius 3 is 2.71 bits per heavy atom. The average Bonchev–Trinajstić information content (AvgIpc) is 3.14. The molecule has 0 aliphatic carbocycles. The number of nitrogens with zero attached hydrogens (tertiary/aromatic N) is 1. The van der Waals surface area contributed by atoms with Gasteiger partial charge < -0.3 is 35.9 Å². The zero-order valence-corrected chi connectivity index (χ0v) is 18.0. The Labute approximate surface area is 183 Å². The number of methoxy groups -OCH3 is 1. The number of aromatic hydroxyl groups is 1. The fourth-order valence-electron chi connectivity index (χ4n) is 3.14. The second-order valence-corrected chi connectivity index (χ2v) is 7.00. The summed E-state index contributed by atoms with van der Waals surface area (Å²) in [5.41, 5.74) is 15.1. The van der Waals surface area contributed by atoms with E-state index in [0.29, 0.717) is 50.0 Å². The summed E-state index contributed by atoms with van der Waals surface area (Å²) < 4.78 is 10.1. The van der Waals surface area contributed by atoms with E-state index in [1.807, 2.05) is 12.3 Å². The van der Waals surface area contributed by atoms with Gasteiger partial charge in [-0.05, 0) is 42.7 Å². The number of ether oxygens (including phenoxy) is 2. The number of nitrogen functional groups attached to an aromatic ring is 1. The summed E-state index contributed by atoms with van der Waals surface area (Å²) in [5, 5.41) is 9.85. The van der Waals surface area contributed by atoms with Crippen LogP contribution in [0.3, 0.4) is 0 Å². The number of nitrogens with two attached hydrogens (primary N) is 2. The van der Waals surface area contributed by atoms with Crippen LogP contribution in [0.2, 0.25) is 0 Å². The van der Waals surface area contributed by atoms with Crippen molar-refractivity contribution in [2.24, 2.45) is 5.73 Å². The quantitative estimate of drug-likeness (QED) is 0.396. The van der Waals surface area contributed by atoms with Gasteiger partial charge in [0.25, 0.3) is 0 Å². The fourth-order valence-corrected chi connectivity index (χ4v) is 3.14. The number of phenolic OH excluding ortho intramolecular Hbond substituents is 1. The van der Waals surface area contributed by atoms with Crippen molar-refractivity contribution >= 4 is 23.5 Å². The molecule has 0 spiro atoms. The monoisotopic (exact) mass is 428 g/mol. The number of benzene rings is 1. The van der Waals surface area contributed by atoms with Gasteiger partial charge in [-0.15, -0.1) is 0 Å². The molecule has 2 aromatic rings. The van der Waals surface area contributed by atoms with E-state index < -0.39 is 0 Å². The molecule has 6 N–H and O–H groups in total. The van der Waals surface area contributed by atoms with Gasteiger partial charge in [0.15, 0.2) is 0 Å². The molecular formula is C23H32N4O4. The van der Waals surface area contributed by atoms with E-state index in [0.717, 1.165) is 24.0 Å². The van der Waals surface area contributed by atoms with E-state index in [1.54, 1.807) is 36.3 Å². The Morgan fingerprint density at radius 2 is 2.06 bits per heavy atom. The number of morpholine rings is 1. The lowest BCUT2D eigenvalue weighted by molar-refractivity contribution is -0.129. The third-order valence-corrected chi connectivity index (χ3v) is 4.84. The predicted octanol–water partition coefficient (Wildman–Crippen LogP) is 2.37. The van der Waals surface area contributed by atoms with Gasteiger partial charge in [-0.1, -0.05) is 18.7 Å². The number of hydrogen-bond acceptors (Lipinski definition) is 6. The van der Waals surface area contributed by atoms with Crippen molar-refractivity contribution in [2.75, 3.05) is 45.8 Å². The molecule has 0 bridgehead atoms. The lowest BCUT2D eigenvalue weighted by Crippen LogP contribution is -2.39. The average molecular weight is 429 g/mol. The number of aromatic amines is 1. The minimum atomic E-state index is 0.00306. The van der Waals surface area contributed by atoms with Crippen molar-refractivity contribution in [2.45, 2.75) is 12.8 Å². The number of amides is 1. The number of rotatable bonds is 7. The van der Waals surface area contributed by atoms with Crippen molar-refractivity contribution in [1.29, 1.82) is 0 Å². The largest absolute Gasteiger partial charge is 0.507 e. The van der Waals surface area contributed by atoms with E-state index in [1.165, 1.54) is 6.08 Å². The minimum Gasteiger partial charge on any atom is -0.507 e. The Kier molecular flexibility index (Phi) is 9.67. The zero-order valence-electron chi connectivity index (χ0n) is 18.0. The van der Waals surface area contributed by atoms with Gasteiger partial charge in [0.05, 0.1) is 13.2 Å². The number of anilines is 1. The van der Waals surface area contributed by atoms with E-state index in [4.69, 9.17) is 20.9 Å². The maximum Gasteiger partial charge on any atom is 0.246 e. The summed E-state index contributed by atoms with van der Waals surface area (Å²) in [5.74, 6) is 0.727. The van der Waals surface area contributed by atoms with E-state index >= 15 is 0 Å². The molecule has 1 aliphatic rings. The Morgan fingerprint density at radius 1 is 1.35 bits per heavy atom. The van der Waals surface area contributed by atoms with Crippen LogP contribution in [0.15, 0.2) is 43.1 Å². The summed E-state index contributed by atoms with van der Waals surface area (Å²) in [7, 11) is 1.68. The highest BCUT2D eigenvalue weighted by Gasteiger charge is 2.13. The molecule has 0 saturated carbocycles. The number of phenols is 1. The second kappa shape index (κ2) is 12.5. The second-order valence-electron chi connectivity index (χ2n) is 7.00. The molecule has 0 radical (unpaired) electrons. The van der Waals surface area contributed by atoms with Gasteiger partial charge in [0, 0.05) is 49.8 Å². The van der Waals surface area contributed by atoms with Crippen molar-refractivity contribution in [1.82, 2.24) is 9.88 Å². The van der Waals surface area contributed by atoms with Crippen molar-refractivity contribution in [3.8, 4) is 5.75 Å². The number of nitrogens with one attached hydrogen (secondary N) is 1. The normalized spacial score (nSPS) is 14.0. The van der Waals surface area contributed by atoms with Crippen molar-refractivity contribution in [3.63, 3.8) is 0 Å². The Hall–Kier alpha value is -3.23. The number of aromatic nitrogens is 1. The number of hydrogen-bond donors (Lipinski definition) is 4. The molecule has 1 fully saturated rings. The fraction of sp³-hybridized carbons (Fsp3) is 0.348. The van der Waals surface area contributed by atoms with Crippen molar-refractivity contribution < 1.29 is 19.4 Å². The van der Waals surface area contributed by atoms with Crippen molar-refractivity contribution in [3.05, 3.63) is 59.8 Å². The molecule has 8 heteroatoms. The van der Waals surface area contributed by atoms with Gasteiger partial charge in [-0.3, -0.25) is 4.79 Å². The molecule has 3 rings (SSSR count). The van der Waals surface area contributed by atoms with Gasteiger partial charge in [-0.2, -0.15) is 0 Å². The predicted molar refractivity (Wildman–Crippen MR) is 123 cm³/mol. The Balaban J connectivity index is 0.000000285. The molecule has 1 aromatic carbocycles. The highest BCUT2D eigenvalue weighted by Crippen LogP contribution is 2.26. The van der Waals surface area contributed by atoms with Crippen LogP contribution >= 0.6 is 0 Å². The van der Waals surface area contributed by atoms with Crippen LogP contribution in [-0.2, 0) is 20.7 Å². The standard InChI is InChI=1S/C16H21N3O2.C7H11NO2/c1-21-8-4-5-11-10-19-16(18)13(11)9-14(17)12-6-2-3-7-15(12)20;1-2-7(9)8-3-5-10-6-4-8/h2-3,6-7,9-10,19-20H,4-5,8,17-18H2,1H3;2H,1,3-6H2/b14-9-;. The third kappa shape index (κ3) is 7.20. The Bertz CT molecular complexity index is 885. The number of para-hydroxylation sites is 1. The number of H-pyrrole nitrogens is 1. The van der Waals surface area contributed by atoms with Gasteiger partial charge in [-0.25, -0.2) is 0 Å². The molecule has 1 aromatic heterocycles. The number of carbonyl (C=O) groups excluding carboxylic acids is 1. The summed E-state index contributed by atoms with van der Waals surface area (Å²) >= 11 is 0. The highest BCUT2D eigenvalue weighted by molar-refractivity contribution is 5.87. The first-order chi connectivity index (χ1) is 15.0. The molecule has 8 nitrogen and oxygen atoms in total. The molecule has 1 aliphatic heterocycles. The molecular weight excluding hydrogens is 396 g/mol. The van der Waals surface area contributed by atoms with E-state index in [2.05, 4.69) is 11.6 Å². The first kappa shape index (κ1) is 24.0. The molecule has 31 heavy (non-hydrogen) atoms. The number of carbonyl (C=O) groups is 1. The van der Waals surface area contributed by atoms with Crippen LogP contribution in [0, 0.1) is 0 Å². The van der Waals surface area contributed by atoms with Gasteiger partial charge in [0.2, 0.25) is 5.91 Å². The zero-order chi connectivity index (χ0) is 22.6.